The van der Waals surface area contributed by atoms with Gasteiger partial charge in [-0.2, -0.15) is 0 Å². The zero-order valence-corrected chi connectivity index (χ0v) is 22.1. The van der Waals surface area contributed by atoms with E-state index in [1.807, 2.05) is 24.3 Å². The van der Waals surface area contributed by atoms with E-state index in [4.69, 9.17) is 28.3 Å². The molecule has 1 amide bonds. The van der Waals surface area contributed by atoms with Gasteiger partial charge < -0.3 is 15.2 Å². The number of alkyl halides is 3. The summed E-state index contributed by atoms with van der Waals surface area (Å²) in [6.07, 6.45) is -4.24. The maximum Gasteiger partial charge on any atom is 0.573 e. The molecule has 2 N–H and O–H groups in total. The first-order valence-electron chi connectivity index (χ1n) is 12.1. The number of nitrogens with one attached hydrogen (secondary N) is 1. The van der Waals surface area contributed by atoms with Gasteiger partial charge in [0.05, 0.1) is 6.42 Å². The molecule has 2 atom stereocenters. The SMILES string of the molecule is O=C(O)CCNC(=O)c1ccc(CN2CC(c3cc(Cl)cc(Cl)c3)CC2c2ccc(OC(F)(F)F)cc2)cc1. The molecule has 1 aliphatic rings. The average Bonchev–Trinajstić information content (AvgIpc) is 3.27. The first-order chi connectivity index (χ1) is 18.5. The number of benzene rings is 3. The molecule has 1 fully saturated rings. The molecule has 2 unspecified atom stereocenters. The number of rotatable bonds is 9. The normalized spacial score (nSPS) is 17.7. The third-order valence-corrected chi connectivity index (χ3v) is 6.92. The summed E-state index contributed by atoms with van der Waals surface area (Å²) in [5.74, 6) is -1.56. The van der Waals surface area contributed by atoms with Crippen molar-refractivity contribution in [2.45, 2.75) is 37.7 Å². The molecule has 4 rings (SSSR count). The average molecular weight is 581 g/mol. The number of halogens is 5. The third kappa shape index (κ3) is 8.11. The second kappa shape index (κ2) is 12.3. The van der Waals surface area contributed by atoms with E-state index in [-0.39, 0.29) is 36.6 Å². The van der Waals surface area contributed by atoms with E-state index >= 15 is 0 Å². The highest BCUT2D eigenvalue weighted by molar-refractivity contribution is 6.34. The van der Waals surface area contributed by atoms with E-state index in [1.54, 1.807) is 30.3 Å². The van der Waals surface area contributed by atoms with Crippen LogP contribution >= 0.6 is 23.2 Å². The van der Waals surface area contributed by atoms with Crippen molar-refractivity contribution < 1.29 is 32.6 Å². The van der Waals surface area contributed by atoms with E-state index < -0.39 is 12.3 Å². The Morgan fingerprint density at radius 1 is 0.974 bits per heavy atom. The molecule has 3 aromatic carbocycles. The van der Waals surface area contributed by atoms with Crippen LogP contribution in [-0.2, 0) is 11.3 Å². The maximum absolute atomic E-state index is 12.6. The highest BCUT2D eigenvalue weighted by atomic mass is 35.5. The fourth-order valence-electron chi connectivity index (χ4n) is 4.75. The highest BCUT2D eigenvalue weighted by Crippen LogP contribution is 2.43. The fraction of sp³-hybridized carbons (Fsp3) is 0.286. The molecule has 1 saturated heterocycles. The molecule has 0 aromatic heterocycles. The molecule has 3 aromatic rings. The summed E-state index contributed by atoms with van der Waals surface area (Å²) in [6.45, 7) is 1.21. The Morgan fingerprint density at radius 2 is 1.62 bits per heavy atom. The predicted molar refractivity (Wildman–Crippen MR) is 141 cm³/mol. The number of ether oxygens (including phenoxy) is 1. The minimum absolute atomic E-state index is 0.0348. The van der Waals surface area contributed by atoms with Gasteiger partial charge in [-0.3, -0.25) is 14.5 Å². The van der Waals surface area contributed by atoms with Crippen LogP contribution in [0, 0.1) is 0 Å². The van der Waals surface area contributed by atoms with Gasteiger partial charge in [-0.15, -0.1) is 13.2 Å². The van der Waals surface area contributed by atoms with Crippen LogP contribution in [0.25, 0.3) is 0 Å². The van der Waals surface area contributed by atoms with Gasteiger partial charge in [-0.1, -0.05) is 47.5 Å². The second-order valence-corrected chi connectivity index (χ2v) is 10.2. The van der Waals surface area contributed by atoms with Crippen molar-refractivity contribution in [3.63, 3.8) is 0 Å². The van der Waals surface area contributed by atoms with Gasteiger partial charge in [0, 0.05) is 41.3 Å². The molecule has 39 heavy (non-hydrogen) atoms. The predicted octanol–water partition coefficient (Wildman–Crippen LogP) is 6.83. The van der Waals surface area contributed by atoms with Crippen LogP contribution < -0.4 is 10.1 Å². The van der Waals surface area contributed by atoms with Gasteiger partial charge >= 0.3 is 12.3 Å². The number of carbonyl (C=O) groups is 2. The van der Waals surface area contributed by atoms with E-state index in [0.717, 1.165) is 16.7 Å². The lowest BCUT2D eigenvalue weighted by Gasteiger charge is -2.25. The first kappa shape index (κ1) is 28.7. The minimum Gasteiger partial charge on any atom is -0.481 e. The van der Waals surface area contributed by atoms with Gasteiger partial charge in [0.2, 0.25) is 0 Å². The lowest BCUT2D eigenvalue weighted by Crippen LogP contribution is -2.26. The molecule has 1 aliphatic heterocycles. The van der Waals surface area contributed by atoms with Gasteiger partial charge in [-0.05, 0) is 71.5 Å². The Balaban J connectivity index is 1.53. The van der Waals surface area contributed by atoms with Gasteiger partial charge in [0.25, 0.3) is 5.91 Å². The number of carboxylic acid groups (broad SMARTS) is 1. The van der Waals surface area contributed by atoms with Crippen molar-refractivity contribution in [3.8, 4) is 5.75 Å². The Hall–Kier alpha value is -3.27. The molecular weight excluding hydrogens is 556 g/mol. The molecule has 0 aliphatic carbocycles. The summed E-state index contributed by atoms with van der Waals surface area (Å²) in [4.78, 5) is 25.1. The van der Waals surface area contributed by atoms with Crippen molar-refractivity contribution in [1.82, 2.24) is 10.2 Å². The van der Waals surface area contributed by atoms with E-state index in [9.17, 15) is 22.8 Å². The molecular formula is C28H25Cl2F3N2O4. The number of hydrogen-bond donors (Lipinski definition) is 2. The molecule has 6 nitrogen and oxygen atoms in total. The Bertz CT molecular complexity index is 1300. The molecule has 0 radical (unpaired) electrons. The van der Waals surface area contributed by atoms with Gasteiger partial charge in [0.1, 0.15) is 5.75 Å². The van der Waals surface area contributed by atoms with Crippen molar-refractivity contribution in [1.29, 1.82) is 0 Å². The number of nitrogens with zero attached hydrogens (tertiary/aromatic N) is 1. The quantitative estimate of drug-likeness (QED) is 0.290. The van der Waals surface area contributed by atoms with E-state index in [1.165, 1.54) is 12.1 Å². The van der Waals surface area contributed by atoms with Crippen molar-refractivity contribution in [2.24, 2.45) is 0 Å². The zero-order valence-electron chi connectivity index (χ0n) is 20.6. The number of carbonyl (C=O) groups excluding carboxylic acids is 1. The summed E-state index contributed by atoms with van der Waals surface area (Å²) >= 11 is 12.5. The first-order valence-corrected chi connectivity index (χ1v) is 12.9. The van der Waals surface area contributed by atoms with Crippen LogP contribution in [-0.4, -0.2) is 41.3 Å². The summed E-state index contributed by atoms with van der Waals surface area (Å²) in [6, 6.07) is 18.2. The van der Waals surface area contributed by atoms with Crippen molar-refractivity contribution in [3.05, 3.63) is 99.0 Å². The molecule has 0 saturated carbocycles. The second-order valence-electron chi connectivity index (χ2n) is 9.29. The van der Waals surface area contributed by atoms with Crippen LogP contribution in [0.3, 0.4) is 0 Å². The topological polar surface area (TPSA) is 78.9 Å². The number of carboxylic acids is 1. The Morgan fingerprint density at radius 3 is 2.21 bits per heavy atom. The van der Waals surface area contributed by atoms with Crippen LogP contribution in [0.5, 0.6) is 5.75 Å². The largest absolute Gasteiger partial charge is 0.573 e. The highest BCUT2D eigenvalue weighted by Gasteiger charge is 2.35. The minimum atomic E-state index is -4.77. The molecule has 0 spiro atoms. The standard InChI is InChI=1S/C28H25Cl2F3N2O4/c29-22-11-20(12-23(30)14-22)21-13-25(18-5-7-24(8-6-18)39-28(31,32)33)35(16-21)15-17-1-3-19(4-2-17)27(38)34-10-9-26(36)37/h1-8,11-12,14,21,25H,9-10,13,15-16H2,(H,34,38)(H,36,37). The van der Waals surface area contributed by atoms with Gasteiger partial charge in [0.15, 0.2) is 0 Å². The Labute approximate surface area is 233 Å². The molecule has 206 valence electrons. The summed E-state index contributed by atoms with van der Waals surface area (Å²) in [5.41, 5.74) is 3.16. The molecule has 11 heteroatoms. The van der Waals surface area contributed by atoms with Crippen LogP contribution in [0.1, 0.15) is 51.8 Å². The van der Waals surface area contributed by atoms with Crippen LogP contribution in [0.15, 0.2) is 66.7 Å². The fourth-order valence-corrected chi connectivity index (χ4v) is 5.29. The van der Waals surface area contributed by atoms with Gasteiger partial charge in [-0.25, -0.2) is 0 Å². The summed E-state index contributed by atoms with van der Waals surface area (Å²) in [5, 5.41) is 12.4. The third-order valence-electron chi connectivity index (χ3n) is 6.48. The van der Waals surface area contributed by atoms with E-state index in [2.05, 4.69) is 15.0 Å². The summed E-state index contributed by atoms with van der Waals surface area (Å²) < 4.78 is 41.9. The molecule has 1 heterocycles. The lowest BCUT2D eigenvalue weighted by atomic mass is 9.94. The number of hydrogen-bond acceptors (Lipinski definition) is 4. The smallest absolute Gasteiger partial charge is 0.481 e. The lowest BCUT2D eigenvalue weighted by molar-refractivity contribution is -0.274. The number of amides is 1. The molecule has 0 bridgehead atoms. The van der Waals surface area contributed by atoms with Crippen LogP contribution in [0.2, 0.25) is 10.0 Å². The monoisotopic (exact) mass is 580 g/mol. The van der Waals surface area contributed by atoms with E-state index in [0.29, 0.717) is 35.1 Å². The zero-order chi connectivity index (χ0) is 28.2. The van der Waals surface area contributed by atoms with Crippen LogP contribution in [0.4, 0.5) is 13.2 Å². The number of aliphatic carboxylic acids is 1. The number of likely N-dealkylation sites (tertiary alicyclic amines) is 1. The Kier molecular flexibility index (Phi) is 9.04. The van der Waals surface area contributed by atoms with Crippen molar-refractivity contribution >= 4 is 35.1 Å². The summed E-state index contributed by atoms with van der Waals surface area (Å²) in [7, 11) is 0. The van der Waals surface area contributed by atoms with Crippen molar-refractivity contribution in [2.75, 3.05) is 13.1 Å². The maximum atomic E-state index is 12.6.